The Labute approximate surface area is 171 Å². The number of hydrogen-bond acceptors (Lipinski definition) is 7. The standard InChI is InChI=1S/C16H13BrClNO7S/c1-2-25-13(22)6-19-15(23)11(27-16(19)24)5-8-3-9(17)14(10(18)4-8)26-7-12(20)21/h3-5H,2,6-7H2,1H3,(H,20,21)/b11-5-. The Morgan fingerprint density at radius 3 is 2.67 bits per heavy atom. The number of carboxylic acid groups (broad SMARTS) is 1. The van der Waals surface area contributed by atoms with E-state index in [9.17, 15) is 19.2 Å². The second-order valence-electron chi connectivity index (χ2n) is 5.07. The van der Waals surface area contributed by atoms with Crippen LogP contribution in [0, 0.1) is 0 Å². The molecule has 0 aromatic heterocycles. The van der Waals surface area contributed by atoms with Gasteiger partial charge in [-0.3, -0.25) is 19.3 Å². The fourth-order valence-corrected chi connectivity index (χ4v) is 3.89. The topological polar surface area (TPSA) is 110 Å². The number of halogens is 2. The van der Waals surface area contributed by atoms with Gasteiger partial charge in [0.1, 0.15) is 6.54 Å². The minimum atomic E-state index is -1.16. The number of thioether (sulfide) groups is 1. The molecule has 1 aromatic carbocycles. The van der Waals surface area contributed by atoms with Crippen molar-refractivity contribution in [3.63, 3.8) is 0 Å². The highest BCUT2D eigenvalue weighted by atomic mass is 79.9. The molecule has 0 unspecified atom stereocenters. The summed E-state index contributed by atoms with van der Waals surface area (Å²) >= 11 is 10.0. The van der Waals surface area contributed by atoms with Crippen LogP contribution in [0.15, 0.2) is 21.5 Å². The van der Waals surface area contributed by atoms with Gasteiger partial charge in [0.05, 0.1) is 21.0 Å². The predicted octanol–water partition coefficient (Wildman–Crippen LogP) is 3.17. The van der Waals surface area contributed by atoms with Gasteiger partial charge < -0.3 is 14.6 Å². The van der Waals surface area contributed by atoms with Gasteiger partial charge in [-0.15, -0.1) is 0 Å². The van der Waals surface area contributed by atoms with Crippen LogP contribution in [0.1, 0.15) is 12.5 Å². The third-order valence-electron chi connectivity index (χ3n) is 3.12. The van der Waals surface area contributed by atoms with Gasteiger partial charge in [-0.2, -0.15) is 0 Å². The number of nitrogens with zero attached hydrogens (tertiary/aromatic N) is 1. The van der Waals surface area contributed by atoms with E-state index in [1.807, 2.05) is 0 Å². The summed E-state index contributed by atoms with van der Waals surface area (Å²) in [6.07, 6.45) is 1.44. The number of hydrogen-bond donors (Lipinski definition) is 1. The number of esters is 1. The normalized spacial score (nSPS) is 15.4. The van der Waals surface area contributed by atoms with Gasteiger partial charge in [0, 0.05) is 0 Å². The Morgan fingerprint density at radius 1 is 1.37 bits per heavy atom. The molecule has 11 heteroatoms. The maximum Gasteiger partial charge on any atom is 0.341 e. The van der Waals surface area contributed by atoms with Crippen molar-refractivity contribution in [1.29, 1.82) is 0 Å². The van der Waals surface area contributed by atoms with Gasteiger partial charge in [0.2, 0.25) is 0 Å². The molecule has 0 atom stereocenters. The summed E-state index contributed by atoms with van der Waals surface area (Å²) < 4.78 is 10.2. The van der Waals surface area contributed by atoms with Gasteiger partial charge in [-0.05, 0) is 58.4 Å². The molecule has 1 aliphatic rings. The van der Waals surface area contributed by atoms with Crippen LogP contribution in [-0.2, 0) is 19.1 Å². The van der Waals surface area contributed by atoms with Crippen molar-refractivity contribution in [2.24, 2.45) is 0 Å². The van der Waals surface area contributed by atoms with Gasteiger partial charge in [-0.1, -0.05) is 11.6 Å². The molecule has 144 valence electrons. The SMILES string of the molecule is CCOC(=O)CN1C(=O)S/C(=C\c2cc(Cl)c(OCC(=O)O)c(Br)c2)C1=O. The molecule has 1 fully saturated rings. The lowest BCUT2D eigenvalue weighted by Gasteiger charge is -2.11. The number of ether oxygens (including phenoxy) is 2. The third kappa shape index (κ3) is 5.47. The van der Waals surface area contributed by atoms with Gasteiger partial charge >= 0.3 is 11.9 Å². The number of amides is 2. The molecular formula is C16H13BrClNO7S. The monoisotopic (exact) mass is 477 g/mol. The predicted molar refractivity (Wildman–Crippen MR) is 102 cm³/mol. The Hall–Kier alpha value is -2.04. The second kappa shape index (κ2) is 9.25. The van der Waals surface area contributed by atoms with Crippen LogP contribution in [0.25, 0.3) is 6.08 Å². The van der Waals surface area contributed by atoms with Crippen molar-refractivity contribution < 1.29 is 33.8 Å². The maximum atomic E-state index is 12.3. The van der Waals surface area contributed by atoms with Crippen molar-refractivity contribution >= 4 is 68.5 Å². The van der Waals surface area contributed by atoms with Gasteiger partial charge in [0.15, 0.2) is 12.4 Å². The lowest BCUT2D eigenvalue weighted by Crippen LogP contribution is -2.34. The molecule has 1 heterocycles. The fraction of sp³-hybridized carbons (Fsp3) is 0.250. The second-order valence-corrected chi connectivity index (χ2v) is 7.32. The van der Waals surface area contributed by atoms with Crippen molar-refractivity contribution in [2.45, 2.75) is 6.92 Å². The van der Waals surface area contributed by atoms with E-state index in [0.717, 1.165) is 4.90 Å². The average molecular weight is 479 g/mol. The summed E-state index contributed by atoms with van der Waals surface area (Å²) in [5.41, 5.74) is 0.483. The fourth-order valence-electron chi connectivity index (χ4n) is 2.06. The molecule has 8 nitrogen and oxygen atoms in total. The zero-order valence-electron chi connectivity index (χ0n) is 13.9. The zero-order valence-corrected chi connectivity index (χ0v) is 17.0. The van der Waals surface area contributed by atoms with Crippen LogP contribution in [0.3, 0.4) is 0 Å². The van der Waals surface area contributed by atoms with Crippen LogP contribution in [0.5, 0.6) is 5.75 Å². The van der Waals surface area contributed by atoms with Crippen molar-refractivity contribution in [1.82, 2.24) is 4.90 Å². The lowest BCUT2D eigenvalue weighted by molar-refractivity contribution is -0.146. The van der Waals surface area contributed by atoms with E-state index in [4.69, 9.17) is 26.2 Å². The third-order valence-corrected chi connectivity index (χ3v) is 4.90. The molecular weight excluding hydrogens is 466 g/mol. The molecule has 0 saturated carbocycles. The highest BCUT2D eigenvalue weighted by molar-refractivity contribution is 9.10. The molecule has 27 heavy (non-hydrogen) atoms. The lowest BCUT2D eigenvalue weighted by atomic mass is 10.2. The number of carboxylic acids is 1. The van der Waals surface area contributed by atoms with Gasteiger partial charge in [0.25, 0.3) is 11.1 Å². The Bertz CT molecular complexity index is 819. The first-order chi connectivity index (χ1) is 12.7. The number of benzene rings is 1. The Morgan fingerprint density at radius 2 is 2.07 bits per heavy atom. The minimum Gasteiger partial charge on any atom is -0.479 e. The van der Waals surface area contributed by atoms with E-state index in [2.05, 4.69) is 15.9 Å². The molecule has 0 aliphatic carbocycles. The summed E-state index contributed by atoms with van der Waals surface area (Å²) in [4.78, 5) is 47.4. The number of rotatable bonds is 7. The van der Waals surface area contributed by atoms with E-state index in [0.29, 0.717) is 21.8 Å². The van der Waals surface area contributed by atoms with E-state index in [1.54, 1.807) is 13.0 Å². The Kier molecular flexibility index (Phi) is 7.28. The molecule has 0 spiro atoms. The Balaban J connectivity index is 2.21. The molecule has 2 rings (SSSR count). The molecule has 0 bridgehead atoms. The highest BCUT2D eigenvalue weighted by Crippen LogP contribution is 2.37. The van der Waals surface area contributed by atoms with Crippen LogP contribution in [-0.4, -0.2) is 52.8 Å². The summed E-state index contributed by atoms with van der Waals surface area (Å²) in [5.74, 6) is -2.30. The van der Waals surface area contributed by atoms with Crippen molar-refractivity contribution in [2.75, 3.05) is 19.8 Å². The first kappa shape index (κ1) is 21.3. The smallest absolute Gasteiger partial charge is 0.341 e. The molecule has 0 radical (unpaired) electrons. The minimum absolute atomic E-state index is 0.117. The number of imide groups is 1. The van der Waals surface area contributed by atoms with Crippen LogP contribution in [0.4, 0.5) is 4.79 Å². The summed E-state index contributed by atoms with van der Waals surface area (Å²) in [6.45, 7) is 0.747. The van der Waals surface area contributed by atoms with Crippen LogP contribution < -0.4 is 4.74 Å². The number of carbonyl (C=O) groups excluding carboxylic acids is 3. The van der Waals surface area contributed by atoms with E-state index >= 15 is 0 Å². The van der Waals surface area contributed by atoms with E-state index < -0.39 is 36.2 Å². The van der Waals surface area contributed by atoms with Crippen LogP contribution in [0.2, 0.25) is 5.02 Å². The summed E-state index contributed by atoms with van der Waals surface area (Å²) in [7, 11) is 0. The number of aliphatic carboxylic acids is 1. The van der Waals surface area contributed by atoms with E-state index in [1.165, 1.54) is 12.1 Å². The summed E-state index contributed by atoms with van der Waals surface area (Å²) in [6, 6.07) is 3.02. The highest BCUT2D eigenvalue weighted by Gasteiger charge is 2.36. The van der Waals surface area contributed by atoms with Crippen LogP contribution >= 0.6 is 39.3 Å². The first-order valence-corrected chi connectivity index (χ1v) is 9.46. The molecule has 1 aliphatic heterocycles. The molecule has 1 saturated heterocycles. The number of carbonyl (C=O) groups is 4. The molecule has 1 N–H and O–H groups in total. The quantitative estimate of drug-likeness (QED) is 0.470. The zero-order chi connectivity index (χ0) is 20.1. The summed E-state index contributed by atoms with van der Waals surface area (Å²) in [5, 5.41) is 8.22. The largest absolute Gasteiger partial charge is 0.479 e. The maximum absolute atomic E-state index is 12.3. The average Bonchev–Trinajstić information content (AvgIpc) is 2.81. The van der Waals surface area contributed by atoms with Crippen molar-refractivity contribution in [3.05, 3.63) is 32.1 Å². The molecule has 2 amide bonds. The van der Waals surface area contributed by atoms with Crippen molar-refractivity contribution in [3.8, 4) is 5.75 Å². The molecule has 1 aromatic rings. The van der Waals surface area contributed by atoms with E-state index in [-0.39, 0.29) is 22.3 Å². The first-order valence-electron chi connectivity index (χ1n) is 7.47. The van der Waals surface area contributed by atoms with Gasteiger partial charge in [-0.25, -0.2) is 4.79 Å².